The minimum Gasteiger partial charge on any atom is -0.370 e. The van der Waals surface area contributed by atoms with Crippen LogP contribution in [0.1, 0.15) is 12.8 Å². The average Bonchev–Trinajstić information content (AvgIpc) is 2.03. The van der Waals surface area contributed by atoms with Crippen LogP contribution in [-0.4, -0.2) is 24.4 Å². The molecule has 0 aliphatic carbocycles. The molecule has 0 aromatic heterocycles. The summed E-state index contributed by atoms with van der Waals surface area (Å²) < 4.78 is 0. The maximum absolute atomic E-state index is 11.1. The Labute approximate surface area is 77.2 Å². The Morgan fingerprint density at radius 2 is 2.15 bits per heavy atom. The Balaban J connectivity index is 3.69. The van der Waals surface area contributed by atoms with Crippen LogP contribution in [0.15, 0.2) is 12.7 Å². The van der Waals surface area contributed by atoms with Crippen molar-refractivity contribution in [2.75, 3.05) is 6.54 Å². The van der Waals surface area contributed by atoms with E-state index in [-0.39, 0.29) is 12.3 Å². The summed E-state index contributed by atoms with van der Waals surface area (Å²) in [6.45, 7) is 3.98. The van der Waals surface area contributed by atoms with E-state index in [4.69, 9.17) is 11.5 Å². The van der Waals surface area contributed by atoms with E-state index < -0.39 is 11.9 Å². The summed E-state index contributed by atoms with van der Waals surface area (Å²) in [5.41, 5.74) is 10.2. The predicted molar refractivity (Wildman–Crippen MR) is 49.6 cm³/mol. The summed E-state index contributed by atoms with van der Waals surface area (Å²) in [5.74, 6) is -0.938. The topological polar surface area (TPSA) is 98.2 Å². The lowest BCUT2D eigenvalue weighted by atomic mass is 10.2. The summed E-state index contributed by atoms with van der Waals surface area (Å²) >= 11 is 0. The number of nitrogens with two attached hydrogens (primary N) is 2. The minimum atomic E-state index is -0.845. The Morgan fingerprint density at radius 3 is 2.62 bits per heavy atom. The first-order chi connectivity index (χ1) is 6.07. The van der Waals surface area contributed by atoms with Crippen LogP contribution in [0, 0.1) is 0 Å². The first kappa shape index (κ1) is 11.6. The molecule has 0 bridgehead atoms. The van der Waals surface area contributed by atoms with Crippen LogP contribution in [0.2, 0.25) is 0 Å². The first-order valence-electron chi connectivity index (χ1n) is 4.00. The normalized spacial score (nSPS) is 11.8. The van der Waals surface area contributed by atoms with Gasteiger partial charge >= 0.3 is 0 Å². The fourth-order valence-corrected chi connectivity index (χ4v) is 0.738. The van der Waals surface area contributed by atoms with Gasteiger partial charge in [-0.1, -0.05) is 6.08 Å². The van der Waals surface area contributed by atoms with E-state index in [0.717, 1.165) is 0 Å². The largest absolute Gasteiger partial charge is 0.370 e. The van der Waals surface area contributed by atoms with Crippen LogP contribution in [0.3, 0.4) is 0 Å². The van der Waals surface area contributed by atoms with Gasteiger partial charge in [0.2, 0.25) is 11.8 Å². The molecule has 0 aliphatic heterocycles. The molecule has 74 valence electrons. The second kappa shape index (κ2) is 6.19. The highest BCUT2D eigenvalue weighted by atomic mass is 16.2. The number of amides is 2. The molecule has 0 aromatic rings. The molecule has 5 N–H and O–H groups in total. The van der Waals surface area contributed by atoms with Gasteiger partial charge in [-0.25, -0.2) is 0 Å². The molecule has 5 heteroatoms. The average molecular weight is 185 g/mol. The van der Waals surface area contributed by atoms with Crippen LogP contribution >= 0.6 is 0 Å². The second-order valence-corrected chi connectivity index (χ2v) is 2.65. The van der Waals surface area contributed by atoms with Crippen molar-refractivity contribution in [2.45, 2.75) is 18.9 Å². The molecule has 0 radical (unpaired) electrons. The molecule has 13 heavy (non-hydrogen) atoms. The van der Waals surface area contributed by atoms with E-state index in [2.05, 4.69) is 11.9 Å². The molecule has 0 spiro atoms. The molecular formula is C8H15N3O2. The van der Waals surface area contributed by atoms with Crippen molar-refractivity contribution in [3.05, 3.63) is 12.7 Å². The summed E-state index contributed by atoms with van der Waals surface area (Å²) in [5, 5.41) is 2.55. The number of nitrogens with one attached hydrogen (secondary N) is 1. The maximum atomic E-state index is 11.1. The number of hydrogen-bond donors (Lipinski definition) is 3. The van der Waals surface area contributed by atoms with Gasteiger partial charge in [0.15, 0.2) is 0 Å². The zero-order valence-electron chi connectivity index (χ0n) is 7.45. The summed E-state index contributed by atoms with van der Waals surface area (Å²) in [4.78, 5) is 21.5. The molecule has 0 heterocycles. The fraction of sp³-hybridized carbons (Fsp3) is 0.500. The third kappa shape index (κ3) is 5.86. The third-order valence-electron chi connectivity index (χ3n) is 1.41. The van der Waals surface area contributed by atoms with Gasteiger partial charge < -0.3 is 16.8 Å². The van der Waals surface area contributed by atoms with E-state index in [9.17, 15) is 9.59 Å². The van der Waals surface area contributed by atoms with Crippen LogP contribution in [-0.2, 0) is 9.59 Å². The first-order valence-corrected chi connectivity index (χ1v) is 4.00. The van der Waals surface area contributed by atoms with Crippen LogP contribution < -0.4 is 16.8 Å². The lowest BCUT2D eigenvalue weighted by Crippen LogP contribution is -2.43. The highest BCUT2D eigenvalue weighted by molar-refractivity contribution is 5.87. The van der Waals surface area contributed by atoms with Crippen LogP contribution in [0.4, 0.5) is 0 Å². The monoisotopic (exact) mass is 185 g/mol. The van der Waals surface area contributed by atoms with E-state index in [1.807, 2.05) is 0 Å². The van der Waals surface area contributed by atoms with Crippen LogP contribution in [0.5, 0.6) is 0 Å². The second-order valence-electron chi connectivity index (χ2n) is 2.65. The van der Waals surface area contributed by atoms with Crippen molar-refractivity contribution < 1.29 is 9.59 Å². The van der Waals surface area contributed by atoms with E-state index in [1.165, 1.54) is 0 Å². The quantitative estimate of drug-likeness (QED) is 0.361. The van der Waals surface area contributed by atoms with Gasteiger partial charge in [-0.15, -0.1) is 6.58 Å². The minimum absolute atomic E-state index is 0.125. The van der Waals surface area contributed by atoms with Gasteiger partial charge in [-0.05, 0) is 6.42 Å². The van der Waals surface area contributed by atoms with Gasteiger partial charge in [-0.3, -0.25) is 9.59 Å². The van der Waals surface area contributed by atoms with Crippen molar-refractivity contribution in [3.8, 4) is 0 Å². The van der Waals surface area contributed by atoms with Gasteiger partial charge in [-0.2, -0.15) is 0 Å². The number of rotatable bonds is 6. The summed E-state index contributed by atoms with van der Waals surface area (Å²) in [7, 11) is 0. The molecule has 0 aromatic carbocycles. The van der Waals surface area contributed by atoms with E-state index in [0.29, 0.717) is 13.0 Å². The third-order valence-corrected chi connectivity index (χ3v) is 1.41. The molecular weight excluding hydrogens is 170 g/mol. The highest BCUT2D eigenvalue weighted by Crippen LogP contribution is 1.87. The number of carbonyl (C=O) groups is 2. The van der Waals surface area contributed by atoms with Gasteiger partial charge in [0.25, 0.3) is 0 Å². The summed E-state index contributed by atoms with van der Waals surface area (Å²) in [6, 6.07) is -0.845. The molecule has 0 rings (SSSR count). The van der Waals surface area contributed by atoms with Crippen molar-refractivity contribution in [3.63, 3.8) is 0 Å². The zero-order valence-corrected chi connectivity index (χ0v) is 7.45. The SMILES string of the molecule is C=CCCNC(=O)C(N)CC(N)=O. The summed E-state index contributed by atoms with van der Waals surface area (Å²) in [6.07, 6.45) is 2.23. The van der Waals surface area contributed by atoms with Gasteiger partial charge in [0.1, 0.15) is 0 Å². The molecule has 0 saturated heterocycles. The molecule has 0 aliphatic rings. The van der Waals surface area contributed by atoms with E-state index >= 15 is 0 Å². The lowest BCUT2D eigenvalue weighted by Gasteiger charge is -2.09. The number of hydrogen-bond acceptors (Lipinski definition) is 3. The lowest BCUT2D eigenvalue weighted by molar-refractivity contribution is -0.126. The molecule has 0 fully saturated rings. The zero-order chi connectivity index (χ0) is 10.3. The van der Waals surface area contributed by atoms with Crippen molar-refractivity contribution in [1.29, 1.82) is 0 Å². The van der Waals surface area contributed by atoms with Crippen molar-refractivity contribution in [1.82, 2.24) is 5.32 Å². The Morgan fingerprint density at radius 1 is 1.54 bits per heavy atom. The Kier molecular flexibility index (Phi) is 5.54. The predicted octanol–water partition coefficient (Wildman–Crippen LogP) is -1.12. The molecule has 1 atom stereocenters. The fourth-order valence-electron chi connectivity index (χ4n) is 0.738. The molecule has 0 saturated carbocycles. The van der Waals surface area contributed by atoms with Crippen LogP contribution in [0.25, 0.3) is 0 Å². The molecule has 5 nitrogen and oxygen atoms in total. The van der Waals surface area contributed by atoms with Crippen molar-refractivity contribution in [2.24, 2.45) is 11.5 Å². The molecule has 1 unspecified atom stereocenters. The smallest absolute Gasteiger partial charge is 0.237 e. The number of primary amides is 1. The van der Waals surface area contributed by atoms with Crippen molar-refractivity contribution >= 4 is 11.8 Å². The standard InChI is InChI=1S/C8H15N3O2/c1-2-3-4-11-8(13)6(9)5-7(10)12/h2,6H,1,3-5,9H2,(H2,10,12)(H,11,13). The van der Waals surface area contributed by atoms with Gasteiger partial charge in [0.05, 0.1) is 12.5 Å². The highest BCUT2D eigenvalue weighted by Gasteiger charge is 2.14. The Bertz CT molecular complexity index is 204. The van der Waals surface area contributed by atoms with E-state index in [1.54, 1.807) is 6.08 Å². The maximum Gasteiger partial charge on any atom is 0.237 e. The Hall–Kier alpha value is -1.36. The molecule has 2 amide bonds. The number of carbonyl (C=O) groups excluding carboxylic acids is 2. The van der Waals surface area contributed by atoms with Gasteiger partial charge in [0, 0.05) is 6.54 Å².